The fourth-order valence-corrected chi connectivity index (χ4v) is 2.94. The molecule has 1 fully saturated rings. The van der Waals surface area contributed by atoms with Crippen molar-refractivity contribution >= 4 is 29.1 Å². The molecule has 2 rings (SSSR count). The van der Waals surface area contributed by atoms with Gasteiger partial charge in [0.1, 0.15) is 11.7 Å². The van der Waals surface area contributed by atoms with Crippen LogP contribution >= 0.6 is 11.3 Å². The minimum atomic E-state index is -0.536. The van der Waals surface area contributed by atoms with E-state index in [1.165, 1.54) is 10.3 Å². The summed E-state index contributed by atoms with van der Waals surface area (Å²) in [4.78, 5) is 41.2. The lowest BCUT2D eigenvalue weighted by molar-refractivity contribution is -0.124. The van der Waals surface area contributed by atoms with Crippen LogP contribution in [0.1, 0.15) is 40.1 Å². The Morgan fingerprint density at radius 2 is 2.29 bits per heavy atom. The number of thiazole rings is 1. The number of likely N-dealkylation sites (tertiary alicyclic amines) is 1. The molecule has 0 bridgehead atoms. The van der Waals surface area contributed by atoms with Crippen molar-refractivity contribution in [3.63, 3.8) is 0 Å². The molecule has 0 aromatic carbocycles. The lowest BCUT2D eigenvalue weighted by atomic mass is 10.2. The summed E-state index contributed by atoms with van der Waals surface area (Å²) in [6.07, 6.45) is 1.42. The van der Waals surface area contributed by atoms with E-state index in [0.29, 0.717) is 13.0 Å². The lowest BCUT2D eigenvalue weighted by Gasteiger charge is -2.22. The van der Waals surface area contributed by atoms with Crippen molar-refractivity contribution in [2.24, 2.45) is 0 Å². The number of amides is 2. The summed E-state index contributed by atoms with van der Waals surface area (Å²) in [5.41, 5.74) is 0.179. The Morgan fingerprint density at radius 1 is 1.52 bits per heavy atom. The van der Waals surface area contributed by atoms with E-state index in [-0.39, 0.29) is 29.1 Å². The first-order valence-corrected chi connectivity index (χ1v) is 7.61. The van der Waals surface area contributed by atoms with Crippen LogP contribution in [0.25, 0.3) is 0 Å². The second kappa shape index (κ2) is 6.66. The van der Waals surface area contributed by atoms with Crippen molar-refractivity contribution in [1.82, 2.24) is 15.2 Å². The molecular formula is C13H17N3O4S. The molecule has 0 saturated carbocycles. The van der Waals surface area contributed by atoms with Crippen molar-refractivity contribution in [1.29, 1.82) is 0 Å². The zero-order valence-corrected chi connectivity index (χ0v) is 12.7. The molecule has 1 saturated heterocycles. The van der Waals surface area contributed by atoms with Gasteiger partial charge < -0.3 is 15.0 Å². The molecule has 1 aliphatic heterocycles. The SMILES string of the molecule is CCOC(=O)c1nc(C(=O)N2CCCC2C(=O)NC)cs1. The topological polar surface area (TPSA) is 88.6 Å². The first-order chi connectivity index (χ1) is 10.1. The molecule has 7 nitrogen and oxygen atoms in total. The smallest absolute Gasteiger partial charge is 0.367 e. The van der Waals surface area contributed by atoms with Gasteiger partial charge in [0.2, 0.25) is 10.9 Å². The van der Waals surface area contributed by atoms with Gasteiger partial charge in [-0.25, -0.2) is 9.78 Å². The van der Waals surface area contributed by atoms with Gasteiger partial charge >= 0.3 is 5.97 Å². The van der Waals surface area contributed by atoms with E-state index in [9.17, 15) is 14.4 Å². The lowest BCUT2D eigenvalue weighted by Crippen LogP contribution is -2.45. The maximum atomic E-state index is 12.4. The van der Waals surface area contributed by atoms with E-state index in [2.05, 4.69) is 10.3 Å². The Balaban J connectivity index is 2.13. The van der Waals surface area contributed by atoms with Gasteiger partial charge in [0, 0.05) is 19.0 Å². The molecule has 114 valence electrons. The minimum absolute atomic E-state index is 0.149. The Morgan fingerprint density at radius 3 is 2.95 bits per heavy atom. The first-order valence-electron chi connectivity index (χ1n) is 6.73. The fourth-order valence-electron chi connectivity index (χ4n) is 2.25. The molecule has 8 heteroatoms. The third kappa shape index (κ3) is 3.21. The highest BCUT2D eigenvalue weighted by atomic mass is 32.1. The van der Waals surface area contributed by atoms with Gasteiger partial charge in [-0.1, -0.05) is 0 Å². The molecule has 1 aliphatic rings. The van der Waals surface area contributed by atoms with Crippen LogP contribution in [0.15, 0.2) is 5.38 Å². The molecule has 1 N–H and O–H groups in total. The molecule has 0 aliphatic carbocycles. The molecule has 0 radical (unpaired) electrons. The minimum Gasteiger partial charge on any atom is -0.461 e. The highest BCUT2D eigenvalue weighted by molar-refractivity contribution is 7.11. The van der Waals surface area contributed by atoms with Crippen molar-refractivity contribution in [2.45, 2.75) is 25.8 Å². The summed E-state index contributed by atoms with van der Waals surface area (Å²) in [6, 6.07) is -0.463. The maximum absolute atomic E-state index is 12.4. The Labute approximate surface area is 126 Å². The number of hydrogen-bond donors (Lipinski definition) is 1. The molecule has 1 atom stereocenters. The number of nitrogens with one attached hydrogen (secondary N) is 1. The van der Waals surface area contributed by atoms with Gasteiger partial charge in [-0.15, -0.1) is 11.3 Å². The van der Waals surface area contributed by atoms with Crippen LogP contribution in [-0.2, 0) is 9.53 Å². The van der Waals surface area contributed by atoms with Gasteiger partial charge in [-0.2, -0.15) is 0 Å². The number of aromatic nitrogens is 1. The van der Waals surface area contributed by atoms with Crippen molar-refractivity contribution < 1.29 is 19.1 Å². The molecule has 2 amide bonds. The van der Waals surface area contributed by atoms with E-state index in [4.69, 9.17) is 4.74 Å². The summed E-state index contributed by atoms with van der Waals surface area (Å²) in [5.74, 6) is -1.04. The normalized spacial score (nSPS) is 17.6. The molecular weight excluding hydrogens is 294 g/mol. The van der Waals surface area contributed by atoms with Crippen LogP contribution < -0.4 is 5.32 Å². The summed E-state index contributed by atoms with van der Waals surface area (Å²) in [7, 11) is 1.55. The summed E-state index contributed by atoms with van der Waals surface area (Å²) < 4.78 is 4.84. The monoisotopic (exact) mass is 311 g/mol. The van der Waals surface area contributed by atoms with Crippen molar-refractivity contribution in [3.8, 4) is 0 Å². The zero-order valence-electron chi connectivity index (χ0n) is 11.9. The number of carbonyl (C=O) groups excluding carboxylic acids is 3. The molecule has 1 aromatic rings. The van der Waals surface area contributed by atoms with Crippen LogP contribution in [0, 0.1) is 0 Å². The van der Waals surface area contributed by atoms with E-state index in [1.807, 2.05) is 0 Å². The highest BCUT2D eigenvalue weighted by Crippen LogP contribution is 2.21. The third-order valence-corrected chi connectivity index (χ3v) is 4.06. The number of ether oxygens (including phenoxy) is 1. The number of hydrogen-bond acceptors (Lipinski definition) is 6. The molecule has 21 heavy (non-hydrogen) atoms. The van der Waals surface area contributed by atoms with Gasteiger partial charge in [-0.3, -0.25) is 9.59 Å². The molecule has 2 heterocycles. The largest absolute Gasteiger partial charge is 0.461 e. The average Bonchev–Trinajstić information content (AvgIpc) is 3.15. The fraction of sp³-hybridized carbons (Fsp3) is 0.538. The third-order valence-electron chi connectivity index (χ3n) is 3.24. The number of nitrogens with zero attached hydrogens (tertiary/aromatic N) is 2. The molecule has 0 spiro atoms. The van der Waals surface area contributed by atoms with Crippen LogP contribution in [0.4, 0.5) is 0 Å². The zero-order chi connectivity index (χ0) is 15.4. The van der Waals surface area contributed by atoms with Crippen LogP contribution in [0.2, 0.25) is 0 Å². The quantitative estimate of drug-likeness (QED) is 0.826. The van der Waals surface area contributed by atoms with Gasteiger partial charge in [0.25, 0.3) is 5.91 Å². The Kier molecular flexibility index (Phi) is 4.89. The first kappa shape index (κ1) is 15.4. The number of carbonyl (C=O) groups is 3. The number of rotatable bonds is 4. The summed E-state index contributed by atoms with van der Waals surface area (Å²) in [5, 5.41) is 4.23. The number of likely N-dealkylation sites (N-methyl/N-ethyl adjacent to an activating group) is 1. The van der Waals surface area contributed by atoms with E-state index in [1.54, 1.807) is 14.0 Å². The number of esters is 1. The van der Waals surface area contributed by atoms with Crippen LogP contribution in [0.5, 0.6) is 0 Å². The highest BCUT2D eigenvalue weighted by Gasteiger charge is 2.35. The average molecular weight is 311 g/mol. The summed E-state index contributed by atoms with van der Waals surface area (Å²) in [6.45, 7) is 2.48. The second-order valence-electron chi connectivity index (χ2n) is 4.53. The van der Waals surface area contributed by atoms with Gasteiger partial charge in [0.15, 0.2) is 0 Å². The van der Waals surface area contributed by atoms with Crippen molar-refractivity contribution in [2.75, 3.05) is 20.2 Å². The Bertz CT molecular complexity index is 557. The van der Waals surface area contributed by atoms with Crippen molar-refractivity contribution in [3.05, 3.63) is 16.1 Å². The predicted molar refractivity (Wildman–Crippen MR) is 76.2 cm³/mol. The van der Waals surface area contributed by atoms with E-state index in [0.717, 1.165) is 17.8 Å². The molecule has 1 unspecified atom stereocenters. The van der Waals surface area contributed by atoms with E-state index < -0.39 is 12.0 Å². The standard InChI is InChI=1S/C13H17N3O4S/c1-3-20-13(19)11-15-8(7-21-11)12(18)16-6-4-5-9(16)10(17)14-2/h7,9H,3-6H2,1-2H3,(H,14,17). The van der Waals surface area contributed by atoms with E-state index >= 15 is 0 Å². The van der Waals surface area contributed by atoms with Crippen LogP contribution in [0.3, 0.4) is 0 Å². The predicted octanol–water partition coefficient (Wildman–Crippen LogP) is 0.670. The van der Waals surface area contributed by atoms with Gasteiger partial charge in [-0.05, 0) is 19.8 Å². The summed E-state index contributed by atoms with van der Waals surface area (Å²) >= 11 is 1.07. The van der Waals surface area contributed by atoms with Crippen LogP contribution in [-0.4, -0.2) is 53.9 Å². The second-order valence-corrected chi connectivity index (χ2v) is 5.39. The maximum Gasteiger partial charge on any atom is 0.367 e. The molecule has 1 aromatic heterocycles. The van der Waals surface area contributed by atoms with Gasteiger partial charge in [0.05, 0.1) is 6.61 Å². The Hall–Kier alpha value is -1.96.